The number of hydrogen-bond donors (Lipinski definition) is 0. The highest BCUT2D eigenvalue weighted by Crippen LogP contribution is 2.28. The summed E-state index contributed by atoms with van der Waals surface area (Å²) in [4.78, 5) is 11.3. The van der Waals surface area contributed by atoms with Crippen LogP contribution in [0, 0.1) is 14.9 Å². The second kappa shape index (κ2) is 5.21. The molecule has 0 radical (unpaired) electrons. The minimum absolute atomic E-state index is 0.0103. The topological polar surface area (TPSA) is 50.1 Å². The van der Waals surface area contributed by atoms with Gasteiger partial charge in [0, 0.05) is 9.13 Å². The molecule has 0 unspecified atom stereocenters. The summed E-state index contributed by atoms with van der Waals surface area (Å²) >= 11 is 1.64. The highest BCUT2D eigenvalue weighted by Gasteiger charge is 2.20. The number of hydrogen-bond acceptors (Lipinski definition) is 3. The number of benzene rings is 1. The van der Waals surface area contributed by atoms with Crippen molar-refractivity contribution in [3.05, 3.63) is 32.4 Å². The van der Waals surface area contributed by atoms with Crippen LogP contribution in [0.1, 0.15) is 27.9 Å². The van der Waals surface area contributed by atoms with Gasteiger partial charge in [-0.25, -0.2) is 13.6 Å². The Morgan fingerprint density at radius 2 is 2.19 bits per heavy atom. The van der Waals surface area contributed by atoms with Crippen molar-refractivity contribution in [1.82, 2.24) is 0 Å². The van der Waals surface area contributed by atoms with Crippen LogP contribution in [0.15, 0.2) is 12.1 Å². The molecule has 0 saturated carbocycles. The monoisotopic (exact) mass is 337 g/mol. The molecular weight excluding hydrogens is 331 g/mol. The van der Waals surface area contributed by atoms with Crippen molar-refractivity contribution < 1.29 is 18.3 Å². The van der Waals surface area contributed by atoms with Crippen LogP contribution < -0.4 is 0 Å². The lowest BCUT2D eigenvalue weighted by Gasteiger charge is -2.08. The van der Waals surface area contributed by atoms with Crippen LogP contribution >= 0.6 is 22.6 Å². The molecule has 0 heterocycles. The van der Waals surface area contributed by atoms with E-state index < -0.39 is 12.4 Å². The first-order valence-electron chi connectivity index (χ1n) is 4.11. The molecule has 0 atom stereocenters. The summed E-state index contributed by atoms with van der Waals surface area (Å²) in [6.07, 6.45) is -2.73. The molecule has 0 bridgehead atoms. The number of rotatable bonds is 2. The summed E-state index contributed by atoms with van der Waals surface area (Å²) in [5, 5.41) is 8.66. The standard InChI is InChI=1S/C10H6F2INO2/c1-16-10(15)7-3-5(4-14)2-6(8(7)13)9(11)12/h2-3,9H,1H3. The number of nitriles is 1. The Morgan fingerprint density at radius 3 is 2.62 bits per heavy atom. The minimum Gasteiger partial charge on any atom is -0.465 e. The molecule has 0 aliphatic carbocycles. The van der Waals surface area contributed by atoms with E-state index in [1.165, 1.54) is 6.07 Å². The Kier molecular flexibility index (Phi) is 4.18. The molecule has 1 rings (SSSR count). The highest BCUT2D eigenvalue weighted by molar-refractivity contribution is 14.1. The fourth-order valence-corrected chi connectivity index (χ4v) is 1.90. The molecule has 0 fully saturated rings. The maximum absolute atomic E-state index is 12.6. The molecule has 16 heavy (non-hydrogen) atoms. The largest absolute Gasteiger partial charge is 0.465 e. The van der Waals surface area contributed by atoms with E-state index in [2.05, 4.69) is 4.74 Å². The first kappa shape index (κ1) is 12.8. The van der Waals surface area contributed by atoms with Crippen LogP contribution in [0.3, 0.4) is 0 Å². The van der Waals surface area contributed by atoms with Gasteiger partial charge in [0.2, 0.25) is 0 Å². The van der Waals surface area contributed by atoms with E-state index in [0.29, 0.717) is 0 Å². The van der Waals surface area contributed by atoms with Crippen molar-refractivity contribution >= 4 is 28.6 Å². The average molecular weight is 337 g/mol. The zero-order chi connectivity index (χ0) is 12.3. The molecule has 6 heteroatoms. The number of halogens is 3. The Balaban J connectivity index is 3.44. The van der Waals surface area contributed by atoms with Crippen LogP contribution in [-0.2, 0) is 4.74 Å². The van der Waals surface area contributed by atoms with Gasteiger partial charge in [0.05, 0.1) is 24.3 Å². The predicted molar refractivity (Wildman–Crippen MR) is 60.2 cm³/mol. The molecule has 0 aromatic heterocycles. The van der Waals surface area contributed by atoms with Gasteiger partial charge in [0.25, 0.3) is 6.43 Å². The van der Waals surface area contributed by atoms with Crippen molar-refractivity contribution in [3.63, 3.8) is 0 Å². The SMILES string of the molecule is COC(=O)c1cc(C#N)cc(C(F)F)c1I. The van der Waals surface area contributed by atoms with Gasteiger partial charge in [-0.2, -0.15) is 5.26 Å². The smallest absolute Gasteiger partial charge is 0.338 e. The molecule has 1 aromatic carbocycles. The van der Waals surface area contributed by atoms with Crippen LogP contribution in [0.4, 0.5) is 8.78 Å². The number of carbonyl (C=O) groups excluding carboxylic acids is 1. The third kappa shape index (κ3) is 2.47. The Labute approximate surface area is 104 Å². The molecule has 0 aliphatic heterocycles. The lowest BCUT2D eigenvalue weighted by atomic mass is 10.1. The summed E-state index contributed by atoms with van der Waals surface area (Å²) in [5.41, 5.74) is -0.339. The van der Waals surface area contributed by atoms with E-state index >= 15 is 0 Å². The molecular formula is C10H6F2INO2. The Hall–Kier alpha value is -1.23. The van der Waals surface area contributed by atoms with Gasteiger partial charge in [-0.3, -0.25) is 0 Å². The molecule has 0 N–H and O–H groups in total. The second-order valence-electron chi connectivity index (χ2n) is 2.83. The number of ether oxygens (including phenoxy) is 1. The zero-order valence-corrected chi connectivity index (χ0v) is 10.3. The third-order valence-corrected chi connectivity index (χ3v) is 3.07. The summed E-state index contributed by atoms with van der Waals surface area (Å²) in [5.74, 6) is -0.733. The van der Waals surface area contributed by atoms with Crippen LogP contribution in [0.25, 0.3) is 0 Å². The minimum atomic E-state index is -2.73. The van der Waals surface area contributed by atoms with Crippen LogP contribution in [0.5, 0.6) is 0 Å². The van der Waals surface area contributed by atoms with Gasteiger partial charge in [-0.05, 0) is 34.7 Å². The molecule has 1 aromatic rings. The van der Waals surface area contributed by atoms with Crippen LogP contribution in [0.2, 0.25) is 0 Å². The summed E-state index contributed by atoms with van der Waals surface area (Å²) in [7, 11) is 1.15. The van der Waals surface area contributed by atoms with Crippen molar-refractivity contribution in [2.24, 2.45) is 0 Å². The second-order valence-corrected chi connectivity index (χ2v) is 3.91. The van der Waals surface area contributed by atoms with E-state index in [9.17, 15) is 13.6 Å². The first-order valence-corrected chi connectivity index (χ1v) is 5.19. The van der Waals surface area contributed by atoms with E-state index in [1.807, 2.05) is 0 Å². The summed E-state index contributed by atoms with van der Waals surface area (Å²) in [6.45, 7) is 0. The predicted octanol–water partition coefficient (Wildman–Crippen LogP) is 2.89. The number of esters is 1. The van der Waals surface area contributed by atoms with Crippen molar-refractivity contribution in [2.75, 3.05) is 7.11 Å². The van der Waals surface area contributed by atoms with E-state index in [4.69, 9.17) is 5.26 Å². The summed E-state index contributed by atoms with van der Waals surface area (Å²) < 4.78 is 29.8. The first-order chi connectivity index (χ1) is 7.51. The molecule has 0 aliphatic rings. The number of alkyl halides is 2. The Bertz CT molecular complexity index is 469. The normalized spacial score (nSPS) is 10.0. The fourth-order valence-electron chi connectivity index (χ4n) is 1.13. The third-order valence-electron chi connectivity index (χ3n) is 1.87. The quantitative estimate of drug-likeness (QED) is 0.616. The average Bonchev–Trinajstić information content (AvgIpc) is 2.28. The fraction of sp³-hybridized carbons (Fsp3) is 0.200. The van der Waals surface area contributed by atoms with Gasteiger partial charge in [0.1, 0.15) is 0 Å². The van der Waals surface area contributed by atoms with Gasteiger partial charge in [0.15, 0.2) is 0 Å². The van der Waals surface area contributed by atoms with Gasteiger partial charge in [-0.1, -0.05) is 0 Å². The Morgan fingerprint density at radius 1 is 1.56 bits per heavy atom. The van der Waals surface area contributed by atoms with E-state index in [1.54, 1.807) is 28.7 Å². The lowest BCUT2D eigenvalue weighted by Crippen LogP contribution is -2.07. The van der Waals surface area contributed by atoms with Crippen LogP contribution in [-0.4, -0.2) is 13.1 Å². The van der Waals surface area contributed by atoms with E-state index in [-0.39, 0.29) is 20.3 Å². The van der Waals surface area contributed by atoms with Gasteiger partial charge >= 0.3 is 5.97 Å². The maximum atomic E-state index is 12.6. The molecule has 0 saturated heterocycles. The zero-order valence-electron chi connectivity index (χ0n) is 8.13. The molecule has 0 spiro atoms. The highest BCUT2D eigenvalue weighted by atomic mass is 127. The van der Waals surface area contributed by atoms with Gasteiger partial charge in [-0.15, -0.1) is 0 Å². The van der Waals surface area contributed by atoms with Gasteiger partial charge < -0.3 is 4.74 Å². The number of nitrogens with zero attached hydrogens (tertiary/aromatic N) is 1. The molecule has 0 amide bonds. The summed E-state index contributed by atoms with van der Waals surface area (Å²) in [6, 6.07) is 4.03. The van der Waals surface area contributed by atoms with Crippen molar-refractivity contribution in [2.45, 2.75) is 6.43 Å². The molecule has 3 nitrogen and oxygen atoms in total. The van der Waals surface area contributed by atoms with Crippen molar-refractivity contribution in [1.29, 1.82) is 5.26 Å². The molecule has 84 valence electrons. The lowest BCUT2D eigenvalue weighted by molar-refractivity contribution is 0.0599. The van der Waals surface area contributed by atoms with E-state index in [0.717, 1.165) is 13.2 Å². The maximum Gasteiger partial charge on any atom is 0.338 e. The van der Waals surface area contributed by atoms with Crippen molar-refractivity contribution in [3.8, 4) is 6.07 Å². The number of carbonyl (C=O) groups is 1. The number of methoxy groups -OCH3 is 1.